The van der Waals surface area contributed by atoms with Crippen molar-refractivity contribution in [2.24, 2.45) is 0 Å². The van der Waals surface area contributed by atoms with Crippen LogP contribution in [-0.4, -0.2) is 21.7 Å². The van der Waals surface area contributed by atoms with Crippen molar-refractivity contribution in [1.82, 2.24) is 9.88 Å². The summed E-state index contributed by atoms with van der Waals surface area (Å²) in [6.07, 6.45) is 1.59. The van der Waals surface area contributed by atoms with Crippen LogP contribution >= 0.6 is 33.9 Å². The molecule has 28 heavy (non-hydrogen) atoms. The summed E-state index contributed by atoms with van der Waals surface area (Å²) in [6.45, 7) is 2.09. The van der Waals surface area contributed by atoms with Gasteiger partial charge in [-0.3, -0.25) is 14.9 Å². The number of thiazole rings is 1. The van der Waals surface area contributed by atoms with Gasteiger partial charge in [0.25, 0.3) is 11.8 Å². The second-order valence-corrected chi connectivity index (χ2v) is 8.49. The summed E-state index contributed by atoms with van der Waals surface area (Å²) in [7, 11) is 0. The molecule has 0 fully saturated rings. The van der Waals surface area contributed by atoms with E-state index in [1.54, 1.807) is 24.6 Å². The third kappa shape index (κ3) is 3.42. The number of carbonyl (C=O) groups excluding carboxylic acids is 2. The van der Waals surface area contributed by atoms with Crippen LogP contribution in [0.2, 0.25) is 0 Å². The normalized spacial score (nSPS) is 14.1. The third-order valence-corrected chi connectivity index (χ3v) is 6.26. The summed E-state index contributed by atoms with van der Waals surface area (Å²) in [4.78, 5) is 31.9. The first-order chi connectivity index (χ1) is 13.5. The molecule has 1 N–H and O–H groups in total. The van der Waals surface area contributed by atoms with Gasteiger partial charge in [0.2, 0.25) is 0 Å². The van der Waals surface area contributed by atoms with Crippen LogP contribution in [0.3, 0.4) is 0 Å². The van der Waals surface area contributed by atoms with Gasteiger partial charge in [0.05, 0.1) is 5.56 Å². The first-order valence-electron chi connectivity index (χ1n) is 8.50. The molecule has 2 heterocycles. The van der Waals surface area contributed by atoms with Crippen LogP contribution in [0.15, 0.2) is 48.0 Å². The zero-order valence-electron chi connectivity index (χ0n) is 14.8. The number of nitrogens with zero attached hydrogens (tertiary/aromatic N) is 2. The number of carbonyl (C=O) groups is 2. The van der Waals surface area contributed by atoms with Gasteiger partial charge in [-0.25, -0.2) is 9.37 Å². The fraction of sp³-hybridized carbons (Fsp3) is 0.150. The van der Waals surface area contributed by atoms with Crippen molar-refractivity contribution in [2.45, 2.75) is 19.5 Å². The summed E-state index contributed by atoms with van der Waals surface area (Å²) in [5.74, 6) is -1.10. The van der Waals surface area contributed by atoms with Crippen LogP contribution in [0, 0.1) is 16.3 Å². The second-order valence-electron chi connectivity index (χ2n) is 6.44. The molecular formula is C20H15FIN3O2S. The molecule has 0 bridgehead atoms. The number of halogens is 2. The molecule has 4 rings (SSSR count). The van der Waals surface area contributed by atoms with Gasteiger partial charge < -0.3 is 4.90 Å². The molecule has 1 aromatic heterocycles. The van der Waals surface area contributed by atoms with E-state index in [1.165, 1.54) is 28.4 Å². The average Bonchev–Trinajstić information content (AvgIpc) is 3.27. The number of hydrogen-bond acceptors (Lipinski definition) is 4. The van der Waals surface area contributed by atoms with Crippen molar-refractivity contribution in [3.05, 3.63) is 79.6 Å². The Labute approximate surface area is 178 Å². The third-order valence-electron chi connectivity index (χ3n) is 4.67. The molecule has 0 radical (unpaired) electrons. The van der Waals surface area contributed by atoms with Crippen molar-refractivity contribution in [2.75, 3.05) is 5.32 Å². The topological polar surface area (TPSA) is 62.3 Å². The first-order valence-corrected chi connectivity index (χ1v) is 10.5. The largest absolute Gasteiger partial charge is 0.318 e. The molecule has 1 aliphatic heterocycles. The maximum Gasteiger partial charge on any atom is 0.256 e. The van der Waals surface area contributed by atoms with Crippen LogP contribution in [0.5, 0.6) is 0 Å². The molecule has 3 aromatic rings. The maximum atomic E-state index is 14.0. The number of rotatable bonds is 4. The fourth-order valence-electron chi connectivity index (χ4n) is 3.36. The van der Waals surface area contributed by atoms with E-state index in [1.807, 2.05) is 18.2 Å². The highest BCUT2D eigenvalue weighted by Gasteiger charge is 2.39. The molecule has 1 atom stereocenters. The average molecular weight is 507 g/mol. The van der Waals surface area contributed by atoms with Crippen molar-refractivity contribution in [3.8, 4) is 0 Å². The molecule has 0 saturated heterocycles. The molecule has 142 valence electrons. The Bertz CT molecular complexity index is 1070. The van der Waals surface area contributed by atoms with E-state index >= 15 is 0 Å². The molecule has 0 aliphatic carbocycles. The number of aromatic nitrogens is 1. The van der Waals surface area contributed by atoms with E-state index in [4.69, 9.17) is 0 Å². The Morgan fingerprint density at radius 3 is 2.89 bits per heavy atom. The summed E-state index contributed by atoms with van der Waals surface area (Å²) in [6, 6.07) is 8.94. The SMILES string of the molecule is Cc1ccc(F)cc1C(C(=O)Nc1nccs1)N1Cc2cccc(I)c2C1=O. The molecule has 1 aliphatic rings. The highest BCUT2D eigenvalue weighted by atomic mass is 127. The van der Waals surface area contributed by atoms with Crippen LogP contribution < -0.4 is 5.32 Å². The lowest BCUT2D eigenvalue weighted by Crippen LogP contribution is -2.38. The standard InChI is InChI=1S/C20H15FIN3O2S/c1-11-5-6-13(21)9-14(11)17(18(26)24-20-23-7-8-28-20)25-10-12-3-2-4-15(22)16(12)19(25)27/h2-9,17H,10H2,1H3,(H,23,24,26). The summed E-state index contributed by atoms with van der Waals surface area (Å²) >= 11 is 3.40. The quantitative estimate of drug-likeness (QED) is 0.528. The zero-order chi connectivity index (χ0) is 19.8. The van der Waals surface area contributed by atoms with Crippen LogP contribution in [0.4, 0.5) is 9.52 Å². The van der Waals surface area contributed by atoms with E-state index in [9.17, 15) is 14.0 Å². The number of aryl methyl sites for hydroxylation is 1. The van der Waals surface area contributed by atoms with Gasteiger partial charge in [0.15, 0.2) is 5.13 Å². The molecule has 0 saturated carbocycles. The van der Waals surface area contributed by atoms with Crippen molar-refractivity contribution < 1.29 is 14.0 Å². The van der Waals surface area contributed by atoms with Gasteiger partial charge in [-0.05, 0) is 64.4 Å². The molecule has 2 aromatic carbocycles. The number of benzene rings is 2. The fourth-order valence-corrected chi connectivity index (χ4v) is 4.68. The van der Waals surface area contributed by atoms with E-state index in [0.717, 1.165) is 14.7 Å². The molecular weight excluding hydrogens is 492 g/mol. The van der Waals surface area contributed by atoms with Gasteiger partial charge in [0.1, 0.15) is 11.9 Å². The molecule has 1 unspecified atom stereocenters. The van der Waals surface area contributed by atoms with Crippen LogP contribution in [-0.2, 0) is 11.3 Å². The molecule has 8 heteroatoms. The van der Waals surface area contributed by atoms with Crippen molar-refractivity contribution in [3.63, 3.8) is 0 Å². The minimum atomic E-state index is -0.963. The van der Waals surface area contributed by atoms with Gasteiger partial charge in [-0.1, -0.05) is 18.2 Å². The Morgan fingerprint density at radius 2 is 2.18 bits per heavy atom. The maximum absolute atomic E-state index is 14.0. The molecule has 2 amide bonds. The predicted octanol–water partition coefficient (Wildman–Crippen LogP) is 4.53. The summed E-state index contributed by atoms with van der Waals surface area (Å²) in [5, 5.41) is 4.94. The van der Waals surface area contributed by atoms with E-state index in [0.29, 0.717) is 16.3 Å². The van der Waals surface area contributed by atoms with Crippen LogP contribution in [0.1, 0.15) is 33.1 Å². The number of fused-ring (bicyclic) bond motifs is 1. The lowest BCUT2D eigenvalue weighted by molar-refractivity contribution is -0.120. The summed E-state index contributed by atoms with van der Waals surface area (Å²) in [5.41, 5.74) is 2.66. The van der Waals surface area contributed by atoms with Gasteiger partial charge >= 0.3 is 0 Å². The van der Waals surface area contributed by atoms with Crippen LogP contribution in [0.25, 0.3) is 0 Å². The van der Waals surface area contributed by atoms with Gasteiger partial charge in [0, 0.05) is 21.7 Å². The Balaban J connectivity index is 1.78. The lowest BCUT2D eigenvalue weighted by Gasteiger charge is -2.28. The minimum Gasteiger partial charge on any atom is -0.318 e. The monoisotopic (exact) mass is 507 g/mol. The number of hydrogen-bond donors (Lipinski definition) is 1. The van der Waals surface area contributed by atoms with Gasteiger partial charge in [-0.2, -0.15) is 0 Å². The Hall–Kier alpha value is -2.33. The summed E-state index contributed by atoms with van der Waals surface area (Å²) < 4.78 is 14.8. The van der Waals surface area contributed by atoms with E-state index in [-0.39, 0.29) is 12.5 Å². The van der Waals surface area contributed by atoms with Crippen molar-refractivity contribution in [1.29, 1.82) is 0 Å². The van der Waals surface area contributed by atoms with Gasteiger partial charge in [-0.15, -0.1) is 11.3 Å². The lowest BCUT2D eigenvalue weighted by atomic mass is 9.99. The number of anilines is 1. The first kappa shape index (κ1) is 19.0. The number of nitrogens with one attached hydrogen (secondary N) is 1. The van der Waals surface area contributed by atoms with Crippen molar-refractivity contribution >= 4 is 50.9 Å². The molecule has 0 spiro atoms. The predicted molar refractivity (Wildman–Crippen MR) is 114 cm³/mol. The number of amides is 2. The second kappa shape index (κ2) is 7.59. The minimum absolute atomic E-state index is 0.233. The smallest absolute Gasteiger partial charge is 0.256 e. The highest BCUT2D eigenvalue weighted by Crippen LogP contribution is 2.35. The molecule has 5 nitrogen and oxygen atoms in total. The van der Waals surface area contributed by atoms with E-state index < -0.39 is 17.8 Å². The Kier molecular flexibility index (Phi) is 5.15. The Morgan fingerprint density at radius 1 is 1.36 bits per heavy atom. The van der Waals surface area contributed by atoms with E-state index in [2.05, 4.69) is 32.9 Å². The highest BCUT2D eigenvalue weighted by molar-refractivity contribution is 14.1. The zero-order valence-corrected chi connectivity index (χ0v) is 17.8.